The van der Waals surface area contributed by atoms with Gasteiger partial charge in [-0.3, -0.25) is 0 Å². The van der Waals surface area contributed by atoms with E-state index >= 15 is 0 Å². The summed E-state index contributed by atoms with van der Waals surface area (Å²) in [5.74, 6) is 1.36. The van der Waals surface area contributed by atoms with Gasteiger partial charge in [-0.15, -0.1) is 0 Å². The number of rotatable bonds is 4. The number of benzene rings is 1. The summed E-state index contributed by atoms with van der Waals surface area (Å²) in [6.45, 7) is 0. The fourth-order valence-corrected chi connectivity index (χ4v) is 1.66. The van der Waals surface area contributed by atoms with Crippen molar-refractivity contribution in [2.75, 3.05) is 7.11 Å². The molecule has 0 bridgehead atoms. The van der Waals surface area contributed by atoms with E-state index in [4.69, 9.17) is 9.15 Å². The number of aliphatic hydroxyl groups excluding tert-OH is 1. The second kappa shape index (κ2) is 4.86. The van der Waals surface area contributed by atoms with Gasteiger partial charge in [0.2, 0.25) is 0 Å². The zero-order chi connectivity index (χ0) is 11.4. The molecule has 1 N–H and O–H groups in total. The lowest BCUT2D eigenvalue weighted by Crippen LogP contribution is -2.02. The maximum Gasteiger partial charge on any atom is 0.132 e. The minimum absolute atomic E-state index is 0.484. The van der Waals surface area contributed by atoms with Crippen LogP contribution in [0.2, 0.25) is 0 Å². The molecule has 1 aromatic carbocycles. The van der Waals surface area contributed by atoms with Gasteiger partial charge in [-0.25, -0.2) is 0 Å². The zero-order valence-corrected chi connectivity index (χ0v) is 9.09. The van der Waals surface area contributed by atoms with Crippen molar-refractivity contribution in [3.63, 3.8) is 0 Å². The molecule has 0 aliphatic carbocycles. The standard InChI is InChI=1S/C13H14O3/c1-15-12-6-3-2-5-10(12)9-11(14)13-7-4-8-16-13/h2-8,11,14H,9H2,1H3. The summed E-state index contributed by atoms with van der Waals surface area (Å²) in [6, 6.07) is 11.2. The Hall–Kier alpha value is -1.74. The topological polar surface area (TPSA) is 42.6 Å². The largest absolute Gasteiger partial charge is 0.496 e. The maximum atomic E-state index is 9.93. The third-order valence-electron chi connectivity index (χ3n) is 2.48. The summed E-state index contributed by atoms with van der Waals surface area (Å²) >= 11 is 0. The molecule has 3 heteroatoms. The van der Waals surface area contributed by atoms with Crippen LogP contribution in [0.3, 0.4) is 0 Å². The van der Waals surface area contributed by atoms with Crippen molar-refractivity contribution >= 4 is 0 Å². The first-order chi connectivity index (χ1) is 7.81. The van der Waals surface area contributed by atoms with Crippen LogP contribution < -0.4 is 4.74 Å². The Morgan fingerprint density at radius 1 is 1.25 bits per heavy atom. The van der Waals surface area contributed by atoms with E-state index < -0.39 is 6.10 Å². The second-order valence-electron chi connectivity index (χ2n) is 3.55. The number of aliphatic hydroxyl groups is 1. The van der Waals surface area contributed by atoms with E-state index in [-0.39, 0.29) is 0 Å². The molecule has 0 amide bonds. The Balaban J connectivity index is 2.14. The van der Waals surface area contributed by atoms with Crippen LogP contribution in [0.5, 0.6) is 5.75 Å². The molecule has 1 aromatic heterocycles. The van der Waals surface area contributed by atoms with Gasteiger partial charge in [0.15, 0.2) is 0 Å². The Morgan fingerprint density at radius 2 is 2.06 bits per heavy atom. The first-order valence-corrected chi connectivity index (χ1v) is 5.14. The number of methoxy groups -OCH3 is 1. The van der Waals surface area contributed by atoms with Crippen LogP contribution >= 0.6 is 0 Å². The van der Waals surface area contributed by atoms with E-state index in [1.165, 1.54) is 0 Å². The van der Waals surface area contributed by atoms with Crippen molar-refractivity contribution in [2.24, 2.45) is 0 Å². The first kappa shape index (κ1) is 10.8. The van der Waals surface area contributed by atoms with E-state index in [2.05, 4.69) is 0 Å². The third kappa shape index (κ3) is 2.25. The minimum Gasteiger partial charge on any atom is -0.496 e. The van der Waals surface area contributed by atoms with Gasteiger partial charge in [-0.2, -0.15) is 0 Å². The molecular weight excluding hydrogens is 204 g/mol. The van der Waals surface area contributed by atoms with Crippen molar-refractivity contribution in [3.8, 4) is 5.75 Å². The summed E-state index contributed by atoms with van der Waals surface area (Å²) in [6.07, 6.45) is 1.41. The molecule has 2 rings (SSSR count). The normalized spacial score (nSPS) is 12.4. The average molecular weight is 218 g/mol. The monoisotopic (exact) mass is 218 g/mol. The predicted octanol–water partition coefficient (Wildman–Crippen LogP) is 2.56. The quantitative estimate of drug-likeness (QED) is 0.857. The molecule has 0 spiro atoms. The van der Waals surface area contributed by atoms with Gasteiger partial charge in [0.05, 0.1) is 13.4 Å². The summed E-state index contributed by atoms with van der Waals surface area (Å²) < 4.78 is 10.4. The highest BCUT2D eigenvalue weighted by atomic mass is 16.5. The molecule has 2 aromatic rings. The van der Waals surface area contributed by atoms with Gasteiger partial charge in [0.1, 0.15) is 17.6 Å². The van der Waals surface area contributed by atoms with Crippen LogP contribution in [0.1, 0.15) is 17.4 Å². The molecule has 16 heavy (non-hydrogen) atoms. The molecule has 1 heterocycles. The number of ether oxygens (including phenoxy) is 1. The van der Waals surface area contributed by atoms with E-state index in [1.54, 1.807) is 25.5 Å². The van der Waals surface area contributed by atoms with Gasteiger partial charge in [0, 0.05) is 6.42 Å². The lowest BCUT2D eigenvalue weighted by molar-refractivity contribution is 0.149. The fraction of sp³-hybridized carbons (Fsp3) is 0.231. The van der Waals surface area contributed by atoms with Crippen molar-refractivity contribution in [1.82, 2.24) is 0 Å². The van der Waals surface area contributed by atoms with E-state index in [1.807, 2.05) is 24.3 Å². The number of para-hydroxylation sites is 1. The minimum atomic E-state index is -0.633. The first-order valence-electron chi connectivity index (χ1n) is 5.14. The van der Waals surface area contributed by atoms with Gasteiger partial charge in [-0.1, -0.05) is 18.2 Å². The van der Waals surface area contributed by atoms with Gasteiger partial charge in [-0.05, 0) is 23.8 Å². The lowest BCUT2D eigenvalue weighted by atomic mass is 10.1. The van der Waals surface area contributed by atoms with Gasteiger partial charge in [0.25, 0.3) is 0 Å². The van der Waals surface area contributed by atoms with E-state index in [0.29, 0.717) is 12.2 Å². The second-order valence-corrected chi connectivity index (χ2v) is 3.55. The Kier molecular flexibility index (Phi) is 3.27. The molecular formula is C13H14O3. The smallest absolute Gasteiger partial charge is 0.132 e. The summed E-state index contributed by atoms with van der Waals surface area (Å²) in [4.78, 5) is 0. The SMILES string of the molecule is COc1ccccc1CC(O)c1ccco1. The summed E-state index contributed by atoms with van der Waals surface area (Å²) in [7, 11) is 1.62. The third-order valence-corrected chi connectivity index (χ3v) is 2.48. The molecule has 0 saturated heterocycles. The molecule has 3 nitrogen and oxygen atoms in total. The molecule has 0 aliphatic heterocycles. The zero-order valence-electron chi connectivity index (χ0n) is 9.09. The Bertz CT molecular complexity index is 434. The highest BCUT2D eigenvalue weighted by Gasteiger charge is 2.13. The summed E-state index contributed by atoms with van der Waals surface area (Å²) in [5.41, 5.74) is 0.967. The highest BCUT2D eigenvalue weighted by molar-refractivity contribution is 5.34. The molecule has 1 atom stereocenters. The molecule has 84 valence electrons. The van der Waals surface area contributed by atoms with Crippen molar-refractivity contribution in [2.45, 2.75) is 12.5 Å². The molecule has 0 radical (unpaired) electrons. The number of hydrogen-bond donors (Lipinski definition) is 1. The van der Waals surface area contributed by atoms with Crippen molar-refractivity contribution in [1.29, 1.82) is 0 Å². The van der Waals surface area contributed by atoms with Crippen LogP contribution in [-0.2, 0) is 6.42 Å². The van der Waals surface area contributed by atoms with Crippen LogP contribution in [0.4, 0.5) is 0 Å². The van der Waals surface area contributed by atoms with Crippen molar-refractivity contribution in [3.05, 3.63) is 54.0 Å². The van der Waals surface area contributed by atoms with E-state index in [0.717, 1.165) is 11.3 Å². The number of hydrogen-bond acceptors (Lipinski definition) is 3. The molecule has 0 saturated carbocycles. The number of furan rings is 1. The lowest BCUT2D eigenvalue weighted by Gasteiger charge is -2.11. The van der Waals surface area contributed by atoms with Crippen LogP contribution in [0.15, 0.2) is 47.1 Å². The van der Waals surface area contributed by atoms with Gasteiger partial charge >= 0.3 is 0 Å². The molecule has 0 aliphatic rings. The average Bonchev–Trinajstić information content (AvgIpc) is 2.83. The van der Waals surface area contributed by atoms with Gasteiger partial charge < -0.3 is 14.3 Å². The Morgan fingerprint density at radius 3 is 2.75 bits per heavy atom. The van der Waals surface area contributed by atoms with Crippen LogP contribution in [0, 0.1) is 0 Å². The van der Waals surface area contributed by atoms with Crippen LogP contribution in [-0.4, -0.2) is 12.2 Å². The molecule has 0 fully saturated rings. The summed E-state index contributed by atoms with van der Waals surface area (Å²) in [5, 5.41) is 9.93. The Labute approximate surface area is 94.3 Å². The predicted molar refractivity (Wildman–Crippen MR) is 60.4 cm³/mol. The van der Waals surface area contributed by atoms with E-state index in [9.17, 15) is 5.11 Å². The molecule has 1 unspecified atom stereocenters. The van der Waals surface area contributed by atoms with Crippen LogP contribution in [0.25, 0.3) is 0 Å². The maximum absolute atomic E-state index is 9.93. The highest BCUT2D eigenvalue weighted by Crippen LogP contribution is 2.24. The fourth-order valence-electron chi connectivity index (χ4n) is 1.66. The van der Waals surface area contributed by atoms with Crippen molar-refractivity contribution < 1.29 is 14.3 Å².